The van der Waals surface area contributed by atoms with E-state index in [1.165, 1.54) is 4.90 Å². The number of rotatable bonds is 6. The molecule has 5 rings (SSSR count). The van der Waals surface area contributed by atoms with E-state index in [-0.39, 0.29) is 11.9 Å². The topological polar surface area (TPSA) is 89.1 Å². The Kier molecular flexibility index (Phi) is 6.19. The van der Waals surface area contributed by atoms with E-state index in [0.717, 1.165) is 11.1 Å². The third-order valence-corrected chi connectivity index (χ3v) is 7.02. The number of urea groups is 1. The standard InChI is InChI=1S/C29H31N3O5/c1-6-36-23-12-8-11-21-25-24(27(33)30-22-14-13-17(2)15-18(22)3)29(4,37-26(21)23)32(28(34)31-25)19-9-7-10-20(16-19)35-5/h7-16,24-25H,6H2,1-5H3,(H,30,33)(H,31,34)/t24-,25-,29+/m1/s1. The van der Waals surface area contributed by atoms with E-state index >= 15 is 0 Å². The molecule has 8 nitrogen and oxygen atoms in total. The third kappa shape index (κ3) is 4.12. The number of benzene rings is 3. The van der Waals surface area contributed by atoms with Gasteiger partial charge in [-0.1, -0.05) is 35.9 Å². The monoisotopic (exact) mass is 501 g/mol. The number of nitrogens with zero attached hydrogens (tertiary/aromatic N) is 1. The lowest BCUT2D eigenvalue weighted by Gasteiger charge is -2.54. The second-order valence-corrected chi connectivity index (χ2v) is 9.51. The van der Waals surface area contributed by atoms with Crippen molar-refractivity contribution in [1.29, 1.82) is 0 Å². The van der Waals surface area contributed by atoms with E-state index in [4.69, 9.17) is 14.2 Å². The number of fused-ring (bicyclic) bond motifs is 4. The molecule has 0 unspecified atom stereocenters. The number of para-hydroxylation sites is 1. The Bertz CT molecular complexity index is 1370. The Hall–Kier alpha value is -4.20. The van der Waals surface area contributed by atoms with Crippen molar-refractivity contribution in [2.75, 3.05) is 23.9 Å². The smallest absolute Gasteiger partial charge is 0.325 e. The van der Waals surface area contributed by atoms with Crippen LogP contribution in [0.1, 0.15) is 36.6 Å². The van der Waals surface area contributed by atoms with Gasteiger partial charge in [0.25, 0.3) is 0 Å². The van der Waals surface area contributed by atoms with Crippen molar-refractivity contribution in [2.24, 2.45) is 5.92 Å². The first-order valence-electron chi connectivity index (χ1n) is 12.3. The number of nitrogens with one attached hydrogen (secondary N) is 2. The van der Waals surface area contributed by atoms with Gasteiger partial charge in [0, 0.05) is 17.3 Å². The molecule has 2 bridgehead atoms. The molecule has 0 aromatic heterocycles. The summed E-state index contributed by atoms with van der Waals surface area (Å²) in [5.74, 6) is 0.603. The molecule has 3 atom stereocenters. The molecular formula is C29H31N3O5. The highest BCUT2D eigenvalue weighted by Crippen LogP contribution is 2.52. The minimum absolute atomic E-state index is 0.264. The molecule has 3 amide bonds. The Balaban J connectivity index is 1.65. The van der Waals surface area contributed by atoms with Crippen LogP contribution in [-0.4, -0.2) is 31.4 Å². The van der Waals surface area contributed by atoms with Crippen LogP contribution in [0.2, 0.25) is 0 Å². The summed E-state index contributed by atoms with van der Waals surface area (Å²) >= 11 is 0. The molecule has 0 aliphatic carbocycles. The SMILES string of the molecule is CCOc1cccc2c1O[C@@]1(C)[C@@H](C(=O)Nc3ccc(C)cc3C)[C@@H]2NC(=O)N1c1cccc(OC)c1. The average molecular weight is 502 g/mol. The third-order valence-electron chi connectivity index (χ3n) is 7.02. The lowest BCUT2D eigenvalue weighted by atomic mass is 9.78. The highest BCUT2D eigenvalue weighted by molar-refractivity contribution is 6.02. The molecule has 3 aromatic rings. The van der Waals surface area contributed by atoms with Gasteiger partial charge in [0.05, 0.1) is 25.4 Å². The van der Waals surface area contributed by atoms with Crippen LogP contribution in [-0.2, 0) is 4.79 Å². The zero-order valence-electron chi connectivity index (χ0n) is 21.6. The first kappa shape index (κ1) is 24.5. The second kappa shape index (κ2) is 9.35. The van der Waals surface area contributed by atoms with E-state index in [1.54, 1.807) is 38.3 Å². The van der Waals surface area contributed by atoms with Crippen molar-refractivity contribution >= 4 is 23.3 Å². The van der Waals surface area contributed by atoms with Crippen molar-refractivity contribution in [1.82, 2.24) is 5.32 Å². The van der Waals surface area contributed by atoms with Crippen LogP contribution < -0.4 is 29.7 Å². The first-order valence-corrected chi connectivity index (χ1v) is 12.3. The molecule has 1 saturated heterocycles. The Morgan fingerprint density at radius 3 is 2.65 bits per heavy atom. The molecule has 0 radical (unpaired) electrons. The minimum Gasteiger partial charge on any atom is -0.497 e. The van der Waals surface area contributed by atoms with Crippen LogP contribution in [0.15, 0.2) is 60.7 Å². The van der Waals surface area contributed by atoms with E-state index < -0.39 is 17.7 Å². The number of carbonyl (C=O) groups is 2. The number of aryl methyl sites for hydroxylation is 2. The van der Waals surface area contributed by atoms with E-state index in [0.29, 0.717) is 40.8 Å². The number of anilines is 2. The van der Waals surface area contributed by atoms with Gasteiger partial charge in [-0.3, -0.25) is 9.69 Å². The van der Waals surface area contributed by atoms with E-state index in [1.807, 2.05) is 57.2 Å². The fraction of sp³-hybridized carbons (Fsp3) is 0.310. The number of carbonyl (C=O) groups excluding carboxylic acids is 2. The molecular weight excluding hydrogens is 470 g/mol. The van der Waals surface area contributed by atoms with Gasteiger partial charge < -0.3 is 24.8 Å². The van der Waals surface area contributed by atoms with Gasteiger partial charge in [-0.05, 0) is 57.5 Å². The molecule has 2 heterocycles. The molecule has 2 aliphatic rings. The maximum absolute atomic E-state index is 14.0. The van der Waals surface area contributed by atoms with Crippen LogP contribution >= 0.6 is 0 Å². The predicted octanol–water partition coefficient (Wildman–Crippen LogP) is 5.35. The summed E-state index contributed by atoms with van der Waals surface area (Å²) in [5, 5.41) is 6.16. The fourth-order valence-electron chi connectivity index (χ4n) is 5.34. The van der Waals surface area contributed by atoms with Crippen molar-refractivity contribution in [3.05, 3.63) is 77.4 Å². The van der Waals surface area contributed by atoms with Crippen LogP contribution in [0.4, 0.5) is 16.2 Å². The normalized spacial score (nSPS) is 21.9. The van der Waals surface area contributed by atoms with E-state index in [2.05, 4.69) is 10.6 Å². The van der Waals surface area contributed by atoms with Crippen LogP contribution in [0.5, 0.6) is 17.2 Å². The largest absolute Gasteiger partial charge is 0.497 e. The van der Waals surface area contributed by atoms with Gasteiger partial charge in [0.2, 0.25) is 11.6 Å². The Morgan fingerprint density at radius 2 is 1.92 bits per heavy atom. The first-order chi connectivity index (χ1) is 17.8. The van der Waals surface area contributed by atoms with Crippen molar-refractivity contribution in [3.63, 3.8) is 0 Å². The number of hydrogen-bond acceptors (Lipinski definition) is 5. The van der Waals surface area contributed by atoms with Gasteiger partial charge in [-0.25, -0.2) is 4.79 Å². The summed E-state index contributed by atoms with van der Waals surface area (Å²) < 4.78 is 17.9. The predicted molar refractivity (Wildman–Crippen MR) is 141 cm³/mol. The van der Waals surface area contributed by atoms with Gasteiger partial charge in [0.1, 0.15) is 11.7 Å². The van der Waals surface area contributed by atoms with Crippen molar-refractivity contribution in [3.8, 4) is 17.2 Å². The summed E-state index contributed by atoms with van der Waals surface area (Å²) in [6.45, 7) is 8.08. The molecule has 3 aromatic carbocycles. The second-order valence-electron chi connectivity index (χ2n) is 9.51. The van der Waals surface area contributed by atoms with Crippen molar-refractivity contribution < 1.29 is 23.8 Å². The summed E-state index contributed by atoms with van der Waals surface area (Å²) in [4.78, 5) is 29.1. The summed E-state index contributed by atoms with van der Waals surface area (Å²) in [5.41, 5.74) is 2.64. The zero-order chi connectivity index (χ0) is 26.3. The average Bonchev–Trinajstić information content (AvgIpc) is 2.86. The summed E-state index contributed by atoms with van der Waals surface area (Å²) in [7, 11) is 1.56. The number of amides is 3. The Labute approximate surface area is 216 Å². The summed E-state index contributed by atoms with van der Waals surface area (Å²) in [6.07, 6.45) is 0. The lowest BCUT2D eigenvalue weighted by Crippen LogP contribution is -2.72. The zero-order valence-corrected chi connectivity index (χ0v) is 21.6. The Morgan fingerprint density at radius 1 is 1.14 bits per heavy atom. The van der Waals surface area contributed by atoms with Gasteiger partial charge in [-0.15, -0.1) is 0 Å². The number of hydrogen-bond donors (Lipinski definition) is 2. The molecule has 0 saturated carbocycles. The highest BCUT2D eigenvalue weighted by Gasteiger charge is 2.60. The maximum Gasteiger partial charge on any atom is 0.325 e. The van der Waals surface area contributed by atoms with E-state index in [9.17, 15) is 9.59 Å². The fourth-order valence-corrected chi connectivity index (χ4v) is 5.34. The van der Waals surface area contributed by atoms with Gasteiger partial charge >= 0.3 is 6.03 Å². The minimum atomic E-state index is -1.37. The summed E-state index contributed by atoms with van der Waals surface area (Å²) in [6, 6.07) is 17.5. The molecule has 2 aliphatic heterocycles. The highest BCUT2D eigenvalue weighted by atomic mass is 16.5. The molecule has 37 heavy (non-hydrogen) atoms. The van der Waals surface area contributed by atoms with Crippen LogP contribution in [0.3, 0.4) is 0 Å². The van der Waals surface area contributed by atoms with Crippen LogP contribution in [0, 0.1) is 19.8 Å². The molecule has 1 fully saturated rings. The van der Waals surface area contributed by atoms with Gasteiger partial charge in [-0.2, -0.15) is 0 Å². The molecule has 8 heteroatoms. The van der Waals surface area contributed by atoms with Gasteiger partial charge in [0.15, 0.2) is 11.5 Å². The lowest BCUT2D eigenvalue weighted by molar-refractivity contribution is -0.131. The number of methoxy groups -OCH3 is 1. The van der Waals surface area contributed by atoms with Crippen LogP contribution in [0.25, 0.3) is 0 Å². The number of ether oxygens (including phenoxy) is 3. The molecule has 192 valence electrons. The molecule has 2 N–H and O–H groups in total. The maximum atomic E-state index is 14.0. The van der Waals surface area contributed by atoms with Crippen molar-refractivity contribution in [2.45, 2.75) is 39.5 Å². The quantitative estimate of drug-likeness (QED) is 0.476. The molecule has 0 spiro atoms.